The van der Waals surface area contributed by atoms with E-state index in [4.69, 9.17) is 23.2 Å². The molecule has 3 rings (SSSR count). The third-order valence-electron chi connectivity index (χ3n) is 4.33. The van der Waals surface area contributed by atoms with E-state index in [2.05, 4.69) is 5.32 Å². The molecule has 0 atom stereocenters. The van der Waals surface area contributed by atoms with Gasteiger partial charge in [-0.1, -0.05) is 23.2 Å². The fraction of sp³-hybridized carbons (Fsp3) is 0.0952. The van der Waals surface area contributed by atoms with Gasteiger partial charge in [0.1, 0.15) is 0 Å². The number of halogens is 2. The van der Waals surface area contributed by atoms with Crippen molar-refractivity contribution in [3.63, 3.8) is 0 Å². The van der Waals surface area contributed by atoms with Gasteiger partial charge in [0.2, 0.25) is 0 Å². The molecule has 0 aromatic heterocycles. The fourth-order valence-corrected chi connectivity index (χ4v) is 4.83. The maximum atomic E-state index is 12.9. The summed E-state index contributed by atoms with van der Waals surface area (Å²) in [6, 6.07) is 17.7. The number of carbonyl (C=O) groups is 1. The summed E-state index contributed by atoms with van der Waals surface area (Å²) in [6.07, 6.45) is 1.92. The Balaban J connectivity index is 1.77. The minimum absolute atomic E-state index is 0.197. The van der Waals surface area contributed by atoms with Crippen LogP contribution in [0.1, 0.15) is 10.4 Å². The highest BCUT2D eigenvalue weighted by atomic mass is 35.5. The molecule has 0 radical (unpaired) electrons. The van der Waals surface area contributed by atoms with Gasteiger partial charge in [0, 0.05) is 33.2 Å². The standard InChI is InChI=1S/C21H18Cl2N2O3S2/c1-25(30(27,28)20-9-7-19(29-2)8-10-20)18-5-3-14(4-6-18)21(26)24-17-12-15(22)11-16(23)13-17/h3-13H,1-2H3,(H,24,26). The maximum absolute atomic E-state index is 12.9. The molecule has 1 amide bonds. The number of hydrogen-bond donors (Lipinski definition) is 1. The number of sulfonamides is 1. The van der Waals surface area contributed by atoms with E-state index < -0.39 is 10.0 Å². The molecule has 0 unspecified atom stereocenters. The van der Waals surface area contributed by atoms with E-state index in [0.29, 0.717) is 27.0 Å². The second-order valence-electron chi connectivity index (χ2n) is 6.31. The van der Waals surface area contributed by atoms with Crippen LogP contribution in [0.3, 0.4) is 0 Å². The van der Waals surface area contributed by atoms with Crippen LogP contribution in [0.2, 0.25) is 10.0 Å². The van der Waals surface area contributed by atoms with Crippen LogP contribution >= 0.6 is 35.0 Å². The highest BCUT2D eigenvalue weighted by Gasteiger charge is 2.21. The Morgan fingerprint density at radius 3 is 2.03 bits per heavy atom. The van der Waals surface area contributed by atoms with Crippen molar-refractivity contribution >= 4 is 62.3 Å². The van der Waals surface area contributed by atoms with Gasteiger partial charge in [-0.25, -0.2) is 8.42 Å². The number of hydrogen-bond acceptors (Lipinski definition) is 4. The third kappa shape index (κ3) is 5.10. The molecule has 0 aliphatic heterocycles. The number of benzene rings is 3. The van der Waals surface area contributed by atoms with E-state index in [1.807, 2.05) is 6.26 Å². The number of thioether (sulfide) groups is 1. The summed E-state index contributed by atoms with van der Waals surface area (Å²) >= 11 is 13.4. The van der Waals surface area contributed by atoms with Crippen molar-refractivity contribution in [2.24, 2.45) is 0 Å². The number of rotatable bonds is 6. The fourth-order valence-electron chi connectivity index (χ4n) is 2.70. The Morgan fingerprint density at radius 1 is 0.933 bits per heavy atom. The summed E-state index contributed by atoms with van der Waals surface area (Å²) < 4.78 is 26.9. The molecule has 0 saturated carbocycles. The van der Waals surface area contributed by atoms with Gasteiger partial charge >= 0.3 is 0 Å². The van der Waals surface area contributed by atoms with E-state index in [1.165, 1.54) is 23.1 Å². The summed E-state index contributed by atoms with van der Waals surface area (Å²) in [4.78, 5) is 13.6. The second-order valence-corrected chi connectivity index (χ2v) is 10.0. The Morgan fingerprint density at radius 2 is 1.50 bits per heavy atom. The molecule has 0 bridgehead atoms. The number of anilines is 2. The van der Waals surface area contributed by atoms with Gasteiger partial charge in [-0.05, 0) is 73.0 Å². The van der Waals surface area contributed by atoms with Crippen LogP contribution in [0, 0.1) is 0 Å². The molecule has 30 heavy (non-hydrogen) atoms. The molecule has 5 nitrogen and oxygen atoms in total. The van der Waals surface area contributed by atoms with Crippen molar-refractivity contribution in [3.05, 3.63) is 82.3 Å². The Hall–Kier alpha value is -2.19. The predicted molar refractivity (Wildman–Crippen MR) is 125 cm³/mol. The van der Waals surface area contributed by atoms with Crippen molar-refractivity contribution in [2.75, 3.05) is 22.9 Å². The minimum Gasteiger partial charge on any atom is -0.322 e. The monoisotopic (exact) mass is 480 g/mol. The van der Waals surface area contributed by atoms with Crippen LogP contribution in [-0.2, 0) is 10.0 Å². The van der Waals surface area contributed by atoms with Crippen molar-refractivity contribution in [1.29, 1.82) is 0 Å². The third-order valence-corrected chi connectivity index (χ3v) is 7.31. The van der Waals surface area contributed by atoms with Crippen LogP contribution in [0.15, 0.2) is 76.5 Å². The first-order chi connectivity index (χ1) is 14.2. The van der Waals surface area contributed by atoms with Crippen LogP contribution in [-0.4, -0.2) is 27.6 Å². The molecule has 1 N–H and O–H groups in total. The predicted octanol–water partition coefficient (Wildman–Crippen LogP) is 5.79. The molecule has 0 fully saturated rings. The van der Waals surface area contributed by atoms with Crippen LogP contribution in [0.4, 0.5) is 11.4 Å². The SMILES string of the molecule is CSc1ccc(S(=O)(=O)N(C)c2ccc(C(=O)Nc3cc(Cl)cc(Cl)c3)cc2)cc1. The number of amides is 1. The Labute approximate surface area is 190 Å². The van der Waals surface area contributed by atoms with E-state index in [-0.39, 0.29) is 10.8 Å². The maximum Gasteiger partial charge on any atom is 0.264 e. The van der Waals surface area contributed by atoms with Crippen LogP contribution in [0.25, 0.3) is 0 Å². The molecule has 0 saturated heterocycles. The largest absolute Gasteiger partial charge is 0.322 e. The highest BCUT2D eigenvalue weighted by molar-refractivity contribution is 7.98. The quantitative estimate of drug-likeness (QED) is 0.453. The van der Waals surface area contributed by atoms with Crippen molar-refractivity contribution in [3.8, 4) is 0 Å². The molecule has 0 heterocycles. The number of carbonyl (C=O) groups excluding carboxylic acids is 1. The highest BCUT2D eigenvalue weighted by Crippen LogP contribution is 2.26. The molecule has 3 aromatic carbocycles. The van der Waals surface area contributed by atoms with Gasteiger partial charge in [-0.15, -0.1) is 11.8 Å². The lowest BCUT2D eigenvalue weighted by atomic mass is 10.2. The summed E-state index contributed by atoms with van der Waals surface area (Å²) in [5.74, 6) is -0.363. The van der Waals surface area contributed by atoms with Gasteiger partial charge in [0.15, 0.2) is 0 Å². The first-order valence-corrected chi connectivity index (χ1v) is 12.1. The van der Waals surface area contributed by atoms with Crippen molar-refractivity contribution < 1.29 is 13.2 Å². The molecular weight excluding hydrogens is 463 g/mol. The first-order valence-electron chi connectivity index (χ1n) is 8.71. The van der Waals surface area contributed by atoms with Crippen LogP contribution in [0.5, 0.6) is 0 Å². The smallest absolute Gasteiger partial charge is 0.264 e. The molecular formula is C21H18Cl2N2O3S2. The lowest BCUT2D eigenvalue weighted by molar-refractivity contribution is 0.102. The van der Waals surface area contributed by atoms with Gasteiger partial charge in [0.25, 0.3) is 15.9 Å². The lowest BCUT2D eigenvalue weighted by Gasteiger charge is -2.20. The second kappa shape index (κ2) is 9.31. The summed E-state index contributed by atoms with van der Waals surface area (Å²) in [5, 5.41) is 3.53. The molecule has 9 heteroatoms. The molecule has 3 aromatic rings. The zero-order chi connectivity index (χ0) is 21.9. The number of nitrogens with one attached hydrogen (secondary N) is 1. The van der Waals surface area contributed by atoms with Gasteiger partial charge < -0.3 is 5.32 Å². The Kier molecular flexibility index (Phi) is 6.98. The van der Waals surface area contributed by atoms with Gasteiger partial charge in [0.05, 0.1) is 10.6 Å². The molecule has 0 aliphatic rings. The van der Waals surface area contributed by atoms with E-state index in [1.54, 1.807) is 66.7 Å². The summed E-state index contributed by atoms with van der Waals surface area (Å²) in [7, 11) is -2.24. The lowest BCUT2D eigenvalue weighted by Crippen LogP contribution is -2.26. The molecule has 0 aliphatic carbocycles. The van der Waals surface area contributed by atoms with Gasteiger partial charge in [-0.3, -0.25) is 9.10 Å². The topological polar surface area (TPSA) is 66.5 Å². The van der Waals surface area contributed by atoms with E-state index in [0.717, 1.165) is 4.90 Å². The Bertz CT molecular complexity index is 1150. The zero-order valence-corrected chi connectivity index (χ0v) is 19.2. The van der Waals surface area contributed by atoms with E-state index >= 15 is 0 Å². The molecule has 156 valence electrons. The van der Waals surface area contributed by atoms with Crippen LogP contribution < -0.4 is 9.62 Å². The van der Waals surface area contributed by atoms with Crippen molar-refractivity contribution in [2.45, 2.75) is 9.79 Å². The average molecular weight is 481 g/mol. The molecule has 0 spiro atoms. The summed E-state index contributed by atoms with van der Waals surface area (Å²) in [6.45, 7) is 0. The van der Waals surface area contributed by atoms with E-state index in [9.17, 15) is 13.2 Å². The normalized spacial score (nSPS) is 11.2. The minimum atomic E-state index is -3.71. The van der Waals surface area contributed by atoms with Crippen molar-refractivity contribution in [1.82, 2.24) is 0 Å². The first kappa shape index (κ1) is 22.5. The average Bonchev–Trinajstić information content (AvgIpc) is 2.72. The summed E-state index contributed by atoms with van der Waals surface area (Å²) in [5.41, 5.74) is 1.27. The zero-order valence-electron chi connectivity index (χ0n) is 16.1. The van der Waals surface area contributed by atoms with Gasteiger partial charge in [-0.2, -0.15) is 0 Å². The number of nitrogens with zero attached hydrogens (tertiary/aromatic N) is 1.